The molecule has 0 unspecified atom stereocenters. The zero-order chi connectivity index (χ0) is 21.8. The number of hydrogen-bond acceptors (Lipinski definition) is 7. The van der Waals surface area contributed by atoms with Crippen LogP contribution in [0.25, 0.3) is 0 Å². The van der Waals surface area contributed by atoms with Crippen molar-refractivity contribution in [3.63, 3.8) is 0 Å². The Morgan fingerprint density at radius 2 is 1.86 bits per heavy atom. The van der Waals surface area contributed by atoms with Gasteiger partial charge < -0.3 is 4.74 Å². The van der Waals surface area contributed by atoms with Gasteiger partial charge in [0.05, 0.1) is 31.6 Å². The number of aromatic nitrogens is 1. The predicted molar refractivity (Wildman–Crippen MR) is 108 cm³/mol. The fourth-order valence-corrected chi connectivity index (χ4v) is 3.63. The van der Waals surface area contributed by atoms with Crippen LogP contribution in [-0.4, -0.2) is 56.0 Å². The Balaban J connectivity index is 2.38. The highest BCUT2D eigenvalue weighted by Crippen LogP contribution is 2.28. The van der Waals surface area contributed by atoms with Crippen molar-refractivity contribution in [2.45, 2.75) is 20.4 Å². The van der Waals surface area contributed by atoms with Gasteiger partial charge in [0.1, 0.15) is 10.7 Å². The van der Waals surface area contributed by atoms with E-state index in [4.69, 9.17) is 4.74 Å². The van der Waals surface area contributed by atoms with E-state index in [0.29, 0.717) is 11.3 Å². The molecule has 11 heteroatoms. The number of esters is 1. The number of thiazole rings is 1. The number of amides is 1. The van der Waals surface area contributed by atoms with Crippen LogP contribution in [0.5, 0.6) is 0 Å². The summed E-state index contributed by atoms with van der Waals surface area (Å²) in [4.78, 5) is 30.8. The van der Waals surface area contributed by atoms with Crippen molar-refractivity contribution < 1.29 is 27.1 Å². The standard InChI is InChI=1S/C18H22FN3O5S2/c1-5-27-17(24)16-12(2)20-18(28-16)22(10-13-6-8-14(19)9-7-13)15(23)11-21(3)29(4,25)26/h6-9H,5,10-11H2,1-4H3. The normalized spacial score (nSPS) is 11.5. The lowest BCUT2D eigenvalue weighted by Crippen LogP contribution is -2.40. The maximum Gasteiger partial charge on any atom is 0.350 e. The Hall–Kier alpha value is -2.37. The molecule has 0 aliphatic heterocycles. The Morgan fingerprint density at radius 3 is 2.41 bits per heavy atom. The molecule has 8 nitrogen and oxygen atoms in total. The van der Waals surface area contributed by atoms with E-state index < -0.39 is 34.3 Å². The van der Waals surface area contributed by atoms with E-state index >= 15 is 0 Å². The number of carbonyl (C=O) groups is 2. The fraction of sp³-hybridized carbons (Fsp3) is 0.389. The lowest BCUT2D eigenvalue weighted by molar-refractivity contribution is -0.118. The zero-order valence-corrected chi connectivity index (χ0v) is 18.1. The summed E-state index contributed by atoms with van der Waals surface area (Å²) >= 11 is 0.978. The molecular formula is C18H22FN3O5S2. The number of anilines is 1. The SMILES string of the molecule is CCOC(=O)c1sc(N(Cc2ccc(F)cc2)C(=O)CN(C)S(C)(=O)=O)nc1C. The molecule has 29 heavy (non-hydrogen) atoms. The Bertz CT molecular complexity index is 989. The van der Waals surface area contributed by atoms with E-state index in [-0.39, 0.29) is 23.2 Å². The van der Waals surface area contributed by atoms with Crippen molar-refractivity contribution in [3.8, 4) is 0 Å². The monoisotopic (exact) mass is 443 g/mol. The van der Waals surface area contributed by atoms with Gasteiger partial charge in [-0.25, -0.2) is 22.6 Å². The molecule has 0 N–H and O–H groups in total. The number of sulfonamides is 1. The number of nitrogens with zero attached hydrogens (tertiary/aromatic N) is 3. The highest BCUT2D eigenvalue weighted by atomic mass is 32.2. The van der Waals surface area contributed by atoms with Gasteiger partial charge in [-0.05, 0) is 31.5 Å². The van der Waals surface area contributed by atoms with E-state index in [1.165, 1.54) is 36.2 Å². The molecule has 1 aromatic heterocycles. The Kier molecular flexibility index (Phi) is 7.44. The summed E-state index contributed by atoms with van der Waals surface area (Å²) in [6.45, 7) is 3.12. The van der Waals surface area contributed by atoms with Crippen LogP contribution in [0, 0.1) is 12.7 Å². The number of rotatable bonds is 8. The van der Waals surface area contributed by atoms with Crippen LogP contribution < -0.4 is 4.90 Å². The van der Waals surface area contributed by atoms with Crippen molar-refractivity contribution in [1.82, 2.24) is 9.29 Å². The largest absolute Gasteiger partial charge is 0.462 e. The first-order valence-corrected chi connectivity index (χ1v) is 11.3. The molecule has 0 aliphatic carbocycles. The number of benzene rings is 1. The van der Waals surface area contributed by atoms with Gasteiger partial charge in [0.2, 0.25) is 15.9 Å². The molecular weight excluding hydrogens is 421 g/mol. The summed E-state index contributed by atoms with van der Waals surface area (Å²) in [5, 5.41) is 0.224. The third-order valence-corrected chi connectivity index (χ3v) is 6.38. The summed E-state index contributed by atoms with van der Waals surface area (Å²) < 4.78 is 42.5. The van der Waals surface area contributed by atoms with E-state index in [2.05, 4.69) is 4.98 Å². The van der Waals surface area contributed by atoms with Crippen molar-refractivity contribution in [2.24, 2.45) is 0 Å². The summed E-state index contributed by atoms with van der Waals surface area (Å²) in [5.41, 5.74) is 1.02. The van der Waals surface area contributed by atoms with Gasteiger partial charge >= 0.3 is 5.97 Å². The molecule has 158 valence electrons. The molecule has 0 radical (unpaired) electrons. The summed E-state index contributed by atoms with van der Waals surface area (Å²) in [6, 6.07) is 5.56. The van der Waals surface area contributed by atoms with Gasteiger partial charge in [0.15, 0.2) is 5.13 Å². The van der Waals surface area contributed by atoms with Crippen LogP contribution in [0.4, 0.5) is 9.52 Å². The van der Waals surface area contributed by atoms with Gasteiger partial charge in [-0.3, -0.25) is 9.69 Å². The van der Waals surface area contributed by atoms with Crippen LogP contribution in [0.15, 0.2) is 24.3 Å². The molecule has 0 fully saturated rings. The minimum absolute atomic E-state index is 0.0337. The number of ether oxygens (including phenoxy) is 1. The minimum Gasteiger partial charge on any atom is -0.462 e. The van der Waals surface area contributed by atoms with Crippen LogP contribution in [0.1, 0.15) is 27.9 Å². The second kappa shape index (κ2) is 9.42. The Labute approximate surface area is 173 Å². The van der Waals surface area contributed by atoms with Crippen LogP contribution in [0.3, 0.4) is 0 Å². The molecule has 0 saturated carbocycles. The molecule has 0 atom stereocenters. The second-order valence-corrected chi connectivity index (χ2v) is 9.32. The van der Waals surface area contributed by atoms with Crippen molar-refractivity contribution in [1.29, 1.82) is 0 Å². The third-order valence-electron chi connectivity index (χ3n) is 3.96. The van der Waals surface area contributed by atoms with E-state index in [9.17, 15) is 22.4 Å². The summed E-state index contributed by atoms with van der Waals surface area (Å²) in [6.07, 6.45) is 0.997. The molecule has 1 aromatic carbocycles. The van der Waals surface area contributed by atoms with E-state index in [1.807, 2.05) is 0 Å². The number of carbonyl (C=O) groups excluding carboxylic acids is 2. The first-order valence-electron chi connectivity index (χ1n) is 8.63. The molecule has 0 aliphatic rings. The summed E-state index contributed by atoms with van der Waals surface area (Å²) in [7, 11) is -2.28. The van der Waals surface area contributed by atoms with Crippen LogP contribution in [0.2, 0.25) is 0 Å². The highest BCUT2D eigenvalue weighted by molar-refractivity contribution is 7.88. The maximum atomic E-state index is 13.2. The molecule has 2 rings (SSSR count). The quantitative estimate of drug-likeness (QED) is 0.580. The zero-order valence-electron chi connectivity index (χ0n) is 16.5. The number of halogens is 1. The van der Waals surface area contributed by atoms with Crippen LogP contribution >= 0.6 is 11.3 Å². The van der Waals surface area contributed by atoms with Gasteiger partial charge in [-0.2, -0.15) is 4.31 Å². The molecule has 0 spiro atoms. The molecule has 0 bridgehead atoms. The van der Waals surface area contributed by atoms with Gasteiger partial charge in [0, 0.05) is 7.05 Å². The number of aryl methyl sites for hydroxylation is 1. The predicted octanol–water partition coefficient (Wildman–Crippen LogP) is 2.19. The third kappa shape index (κ3) is 6.05. The van der Waals surface area contributed by atoms with Gasteiger partial charge in [-0.15, -0.1) is 0 Å². The molecule has 0 saturated heterocycles. The van der Waals surface area contributed by atoms with Crippen molar-refractivity contribution in [3.05, 3.63) is 46.2 Å². The molecule has 1 heterocycles. The number of hydrogen-bond donors (Lipinski definition) is 0. The smallest absolute Gasteiger partial charge is 0.350 e. The minimum atomic E-state index is -3.57. The Morgan fingerprint density at radius 1 is 1.24 bits per heavy atom. The first kappa shape index (κ1) is 22.9. The summed E-state index contributed by atoms with van der Waals surface area (Å²) in [5.74, 6) is -1.50. The average Bonchev–Trinajstić information content (AvgIpc) is 3.02. The van der Waals surface area contributed by atoms with E-state index in [0.717, 1.165) is 21.9 Å². The lowest BCUT2D eigenvalue weighted by atomic mass is 10.2. The topological polar surface area (TPSA) is 96.9 Å². The molecule has 2 aromatic rings. The van der Waals surface area contributed by atoms with Crippen molar-refractivity contribution in [2.75, 3.05) is 31.4 Å². The lowest BCUT2D eigenvalue weighted by Gasteiger charge is -2.22. The number of likely N-dealkylation sites (N-methyl/N-ethyl adjacent to an activating group) is 1. The first-order chi connectivity index (χ1) is 13.5. The molecule has 1 amide bonds. The maximum absolute atomic E-state index is 13.2. The van der Waals surface area contributed by atoms with E-state index in [1.54, 1.807) is 13.8 Å². The van der Waals surface area contributed by atoms with Crippen LogP contribution in [-0.2, 0) is 26.1 Å². The van der Waals surface area contributed by atoms with Crippen molar-refractivity contribution >= 4 is 38.4 Å². The highest BCUT2D eigenvalue weighted by Gasteiger charge is 2.26. The van der Waals surface area contributed by atoms with Gasteiger partial charge in [0.25, 0.3) is 0 Å². The second-order valence-electron chi connectivity index (χ2n) is 6.26. The average molecular weight is 444 g/mol. The fourth-order valence-electron chi connectivity index (χ4n) is 2.31. The van der Waals surface area contributed by atoms with Gasteiger partial charge in [-0.1, -0.05) is 23.5 Å².